The van der Waals surface area contributed by atoms with Gasteiger partial charge in [-0.2, -0.15) is 0 Å². The normalized spacial score (nSPS) is 16.0. The topological polar surface area (TPSA) is 55.4 Å². The Hall–Kier alpha value is -2.46. The van der Waals surface area contributed by atoms with E-state index in [0.29, 0.717) is 5.56 Å². The molecule has 0 aliphatic carbocycles. The fraction of sp³-hybridized carbons (Fsp3) is 0.364. The Balaban J connectivity index is 1.63. The summed E-state index contributed by atoms with van der Waals surface area (Å²) >= 11 is 0. The van der Waals surface area contributed by atoms with Crippen LogP contribution in [-0.2, 0) is 15.1 Å². The number of piperidine rings is 1. The maximum atomic E-state index is 12.5. The lowest BCUT2D eigenvalue weighted by atomic mass is 9.84. The molecule has 0 radical (unpaired) electrons. The zero-order valence-electron chi connectivity index (χ0n) is 15.2. The Bertz CT molecular complexity index is 747. The number of esters is 1. The molecule has 1 aliphatic rings. The van der Waals surface area contributed by atoms with Gasteiger partial charge in [-0.1, -0.05) is 60.2 Å². The fourth-order valence-electron chi connectivity index (χ4n) is 3.39. The molecular weight excluding hydrogens is 326 g/mol. The molecule has 1 heterocycles. The molecule has 3 rings (SSSR count). The lowest BCUT2D eigenvalue weighted by Gasteiger charge is -2.37. The minimum absolute atomic E-state index is 0.0268. The third-order valence-corrected chi connectivity index (χ3v) is 4.95. The average molecular weight is 351 g/mol. The van der Waals surface area contributed by atoms with Crippen molar-refractivity contribution in [1.82, 2.24) is 5.32 Å². The van der Waals surface area contributed by atoms with Gasteiger partial charge in [0.05, 0.1) is 6.42 Å². The molecular formula is C22H25NO3. The Kier molecular flexibility index (Phi) is 5.84. The quantitative estimate of drug-likeness (QED) is 0.636. The molecule has 0 bridgehead atoms. The summed E-state index contributed by atoms with van der Waals surface area (Å²) in [6.07, 6.45) is 1.77. The molecule has 0 unspecified atom stereocenters. The van der Waals surface area contributed by atoms with E-state index in [2.05, 4.69) is 5.32 Å². The van der Waals surface area contributed by atoms with Crippen molar-refractivity contribution in [3.05, 3.63) is 71.3 Å². The van der Waals surface area contributed by atoms with Crippen molar-refractivity contribution in [2.75, 3.05) is 13.1 Å². The highest BCUT2D eigenvalue weighted by Crippen LogP contribution is 2.35. The number of benzene rings is 2. The molecule has 2 aromatic rings. The molecule has 136 valence electrons. The Morgan fingerprint density at radius 1 is 0.962 bits per heavy atom. The van der Waals surface area contributed by atoms with Crippen LogP contribution in [0.15, 0.2) is 54.6 Å². The molecule has 4 heteroatoms. The summed E-state index contributed by atoms with van der Waals surface area (Å²) in [7, 11) is 0. The van der Waals surface area contributed by atoms with E-state index in [0.717, 1.165) is 37.1 Å². The third-order valence-electron chi connectivity index (χ3n) is 4.95. The van der Waals surface area contributed by atoms with Gasteiger partial charge >= 0.3 is 5.97 Å². The number of rotatable bonds is 6. The predicted octanol–water partition coefficient (Wildman–Crippen LogP) is 3.78. The third kappa shape index (κ3) is 4.38. The summed E-state index contributed by atoms with van der Waals surface area (Å²) in [6.45, 7) is 3.60. The zero-order valence-corrected chi connectivity index (χ0v) is 15.2. The van der Waals surface area contributed by atoms with Crippen molar-refractivity contribution in [1.29, 1.82) is 0 Å². The van der Waals surface area contributed by atoms with Gasteiger partial charge in [0.25, 0.3) is 0 Å². The van der Waals surface area contributed by atoms with Crippen LogP contribution in [0.25, 0.3) is 0 Å². The van der Waals surface area contributed by atoms with E-state index in [1.165, 1.54) is 0 Å². The Morgan fingerprint density at radius 2 is 1.62 bits per heavy atom. The number of carbonyl (C=O) groups is 2. The van der Waals surface area contributed by atoms with Crippen LogP contribution in [0, 0.1) is 6.92 Å². The van der Waals surface area contributed by atoms with Crippen LogP contribution < -0.4 is 5.32 Å². The lowest BCUT2D eigenvalue weighted by Crippen LogP contribution is -2.43. The second kappa shape index (κ2) is 8.28. The number of carbonyl (C=O) groups excluding carboxylic acids is 2. The highest BCUT2D eigenvalue weighted by Gasteiger charge is 2.37. The summed E-state index contributed by atoms with van der Waals surface area (Å²) in [6, 6.07) is 17.3. The van der Waals surface area contributed by atoms with Crippen LogP contribution in [0.5, 0.6) is 0 Å². The summed E-state index contributed by atoms with van der Waals surface area (Å²) < 4.78 is 5.94. The standard InChI is InChI=1S/C22H25NO3/c1-17-7-9-18(10-8-17)20(24)11-12-21(25)26-22(13-15-23-16-14-22)19-5-3-2-4-6-19/h2-10,23H,11-16H2,1H3. The number of ketones is 1. The van der Waals surface area contributed by atoms with Crippen LogP contribution in [0.3, 0.4) is 0 Å². The summed E-state index contributed by atoms with van der Waals surface area (Å²) in [5.74, 6) is -0.336. The molecule has 1 saturated heterocycles. The zero-order chi connectivity index (χ0) is 18.4. The molecule has 1 N–H and O–H groups in total. The van der Waals surface area contributed by atoms with E-state index >= 15 is 0 Å². The van der Waals surface area contributed by atoms with Gasteiger partial charge in [0, 0.05) is 24.8 Å². The van der Waals surface area contributed by atoms with E-state index in [9.17, 15) is 9.59 Å². The first-order chi connectivity index (χ1) is 12.6. The molecule has 4 nitrogen and oxygen atoms in total. The van der Waals surface area contributed by atoms with E-state index < -0.39 is 5.60 Å². The average Bonchev–Trinajstić information content (AvgIpc) is 2.68. The summed E-state index contributed by atoms with van der Waals surface area (Å²) in [5.41, 5.74) is 2.19. The Labute approximate surface area is 154 Å². The maximum Gasteiger partial charge on any atom is 0.307 e. The van der Waals surface area contributed by atoms with E-state index in [4.69, 9.17) is 4.74 Å². The first-order valence-electron chi connectivity index (χ1n) is 9.17. The van der Waals surface area contributed by atoms with Crippen molar-refractivity contribution < 1.29 is 14.3 Å². The van der Waals surface area contributed by atoms with Gasteiger partial charge in [-0.05, 0) is 25.6 Å². The molecule has 0 atom stereocenters. The number of nitrogens with one attached hydrogen (secondary N) is 1. The summed E-state index contributed by atoms with van der Waals surface area (Å²) in [5, 5.41) is 3.31. The molecule has 0 aromatic heterocycles. The van der Waals surface area contributed by atoms with Crippen LogP contribution in [0.4, 0.5) is 0 Å². The maximum absolute atomic E-state index is 12.5. The minimum Gasteiger partial charge on any atom is -0.454 e. The number of aryl methyl sites for hydroxylation is 1. The van der Waals surface area contributed by atoms with Crippen molar-refractivity contribution in [2.45, 2.75) is 38.2 Å². The smallest absolute Gasteiger partial charge is 0.307 e. The number of Topliss-reactive ketones (excluding diaryl/α,β-unsaturated/α-hetero) is 1. The molecule has 0 amide bonds. The highest BCUT2D eigenvalue weighted by molar-refractivity contribution is 5.97. The molecule has 2 aromatic carbocycles. The number of ether oxygens (including phenoxy) is 1. The number of hydrogen-bond donors (Lipinski definition) is 1. The van der Waals surface area contributed by atoms with Gasteiger partial charge in [0.2, 0.25) is 0 Å². The van der Waals surface area contributed by atoms with Crippen LogP contribution in [0.2, 0.25) is 0 Å². The van der Waals surface area contributed by atoms with Gasteiger partial charge in [-0.25, -0.2) is 0 Å². The monoisotopic (exact) mass is 351 g/mol. The Morgan fingerprint density at radius 3 is 2.27 bits per heavy atom. The van der Waals surface area contributed by atoms with Crippen molar-refractivity contribution >= 4 is 11.8 Å². The van der Waals surface area contributed by atoms with Crippen molar-refractivity contribution in [2.24, 2.45) is 0 Å². The largest absolute Gasteiger partial charge is 0.454 e. The van der Waals surface area contributed by atoms with Crippen LogP contribution in [-0.4, -0.2) is 24.8 Å². The van der Waals surface area contributed by atoms with E-state index in [-0.39, 0.29) is 24.6 Å². The first kappa shape index (κ1) is 18.3. The predicted molar refractivity (Wildman–Crippen MR) is 101 cm³/mol. The highest BCUT2D eigenvalue weighted by atomic mass is 16.6. The summed E-state index contributed by atoms with van der Waals surface area (Å²) in [4.78, 5) is 24.8. The van der Waals surface area contributed by atoms with Crippen molar-refractivity contribution in [3.63, 3.8) is 0 Å². The van der Waals surface area contributed by atoms with Gasteiger partial charge in [0.15, 0.2) is 5.78 Å². The van der Waals surface area contributed by atoms with Gasteiger partial charge < -0.3 is 10.1 Å². The van der Waals surface area contributed by atoms with Gasteiger partial charge in [0.1, 0.15) is 5.60 Å². The first-order valence-corrected chi connectivity index (χ1v) is 9.17. The number of hydrogen-bond acceptors (Lipinski definition) is 4. The second-order valence-corrected chi connectivity index (χ2v) is 6.87. The van der Waals surface area contributed by atoms with E-state index in [1.807, 2.05) is 49.4 Å². The van der Waals surface area contributed by atoms with Gasteiger partial charge in [-0.15, -0.1) is 0 Å². The molecule has 26 heavy (non-hydrogen) atoms. The molecule has 0 saturated carbocycles. The second-order valence-electron chi connectivity index (χ2n) is 6.87. The lowest BCUT2D eigenvalue weighted by molar-refractivity contribution is -0.164. The van der Waals surface area contributed by atoms with Crippen molar-refractivity contribution in [3.8, 4) is 0 Å². The fourth-order valence-corrected chi connectivity index (χ4v) is 3.39. The molecule has 1 fully saturated rings. The van der Waals surface area contributed by atoms with Crippen LogP contribution in [0.1, 0.15) is 47.2 Å². The van der Waals surface area contributed by atoms with E-state index in [1.54, 1.807) is 12.1 Å². The SMILES string of the molecule is Cc1ccc(C(=O)CCC(=O)OC2(c3ccccc3)CCNCC2)cc1. The van der Waals surface area contributed by atoms with Gasteiger partial charge in [-0.3, -0.25) is 9.59 Å². The molecule has 0 spiro atoms. The minimum atomic E-state index is -0.587. The van der Waals surface area contributed by atoms with Crippen LogP contribution >= 0.6 is 0 Å². The molecule has 1 aliphatic heterocycles.